The second-order valence-electron chi connectivity index (χ2n) is 9.64. The fraction of sp³-hybridized carbons (Fsp3) is 0.114. The highest BCUT2D eigenvalue weighted by atomic mass is 14.8. The Kier molecular flexibility index (Phi) is 7.37. The van der Waals surface area contributed by atoms with Gasteiger partial charge in [-0.15, -0.1) is 0 Å². The van der Waals surface area contributed by atoms with Gasteiger partial charge in [0.15, 0.2) is 0 Å². The van der Waals surface area contributed by atoms with Crippen LogP contribution < -0.4 is 0 Å². The average molecular weight is 494 g/mol. The van der Waals surface area contributed by atoms with Crippen molar-refractivity contribution in [2.75, 3.05) is 0 Å². The van der Waals surface area contributed by atoms with Gasteiger partial charge in [-0.1, -0.05) is 102 Å². The molecule has 1 heterocycles. The van der Waals surface area contributed by atoms with Crippen LogP contribution in [0.25, 0.3) is 0 Å². The van der Waals surface area contributed by atoms with E-state index in [1.807, 2.05) is 54.6 Å². The Morgan fingerprint density at radius 3 is 1.29 bits per heavy atom. The molecule has 0 fully saturated rings. The van der Waals surface area contributed by atoms with Gasteiger partial charge in [0.25, 0.3) is 0 Å². The maximum atomic E-state index is 5.15. The van der Waals surface area contributed by atoms with E-state index in [-0.39, 0.29) is 0 Å². The summed E-state index contributed by atoms with van der Waals surface area (Å²) in [7, 11) is 0. The normalized spacial score (nSPS) is 12.0. The van der Waals surface area contributed by atoms with Crippen molar-refractivity contribution in [3.8, 4) is 0 Å². The minimum absolute atomic E-state index is 0.804. The monoisotopic (exact) mass is 493 g/mol. The quantitative estimate of drug-likeness (QED) is 0.218. The molecule has 0 N–H and O–H groups in total. The second-order valence-corrected chi connectivity index (χ2v) is 9.64. The van der Waals surface area contributed by atoms with Gasteiger partial charge in [-0.2, -0.15) is 0 Å². The molecular formula is C35H31N3. The maximum Gasteiger partial charge on any atom is 0.0966 e. The zero-order chi connectivity index (χ0) is 26.5. The van der Waals surface area contributed by atoms with E-state index in [9.17, 15) is 0 Å². The molecule has 0 aliphatic heterocycles. The fourth-order valence-corrected chi connectivity index (χ4v) is 4.53. The van der Waals surface area contributed by atoms with Crippen LogP contribution in [0.4, 0.5) is 11.4 Å². The van der Waals surface area contributed by atoms with Crippen LogP contribution in [0.2, 0.25) is 0 Å². The third kappa shape index (κ3) is 5.68. The third-order valence-electron chi connectivity index (χ3n) is 6.50. The van der Waals surface area contributed by atoms with Crippen LogP contribution in [0.5, 0.6) is 0 Å². The summed E-state index contributed by atoms with van der Waals surface area (Å²) in [6, 6.07) is 39.3. The maximum absolute atomic E-state index is 5.15. The Hall–Kier alpha value is -4.63. The van der Waals surface area contributed by atoms with Crippen LogP contribution in [-0.2, 0) is 0 Å². The van der Waals surface area contributed by atoms with Gasteiger partial charge in [0.1, 0.15) is 0 Å². The van der Waals surface area contributed by atoms with Crippen LogP contribution in [0.15, 0.2) is 125 Å². The molecular weight excluding hydrogens is 462 g/mol. The Morgan fingerprint density at radius 1 is 0.474 bits per heavy atom. The molecule has 0 radical (unpaired) electrons. The summed E-state index contributed by atoms with van der Waals surface area (Å²) in [5.41, 5.74) is 11.9. The summed E-state index contributed by atoms with van der Waals surface area (Å²) in [6.45, 7) is 8.40. The SMILES string of the molecule is Cc1ccc(N=C(c2ccccc2)c2cccc(C(=Nc3ccc(C)cc3C)c3ccccc3)n2)c(C)c1. The van der Waals surface area contributed by atoms with Crippen LogP contribution in [-0.4, -0.2) is 16.4 Å². The largest absolute Gasteiger partial charge is 0.246 e. The topological polar surface area (TPSA) is 37.6 Å². The number of hydrogen-bond donors (Lipinski definition) is 0. The Morgan fingerprint density at radius 2 is 0.895 bits per heavy atom. The molecule has 0 bridgehead atoms. The molecule has 0 saturated heterocycles. The van der Waals surface area contributed by atoms with Gasteiger partial charge in [0, 0.05) is 11.1 Å². The van der Waals surface area contributed by atoms with E-state index in [0.717, 1.165) is 56.4 Å². The molecule has 0 atom stereocenters. The smallest absolute Gasteiger partial charge is 0.0966 e. The molecule has 0 aliphatic rings. The van der Waals surface area contributed by atoms with Gasteiger partial charge in [-0.25, -0.2) is 15.0 Å². The minimum atomic E-state index is 0.804. The lowest BCUT2D eigenvalue weighted by molar-refractivity contribution is 1.24. The standard InChI is InChI=1S/C35H31N3/c1-24-18-20-30(26(3)22-24)37-34(28-12-7-5-8-13-28)32-16-11-17-33(36-32)35(29-14-9-6-10-15-29)38-31-21-19-25(2)23-27(31)4/h5-23H,1-4H3. The zero-order valence-corrected chi connectivity index (χ0v) is 22.3. The van der Waals surface area contributed by atoms with Crippen molar-refractivity contribution in [1.82, 2.24) is 4.98 Å². The molecule has 0 saturated carbocycles. The number of aromatic nitrogens is 1. The first kappa shape index (κ1) is 25.0. The Bertz CT molecular complexity index is 1510. The van der Waals surface area contributed by atoms with Crippen molar-refractivity contribution in [2.24, 2.45) is 9.98 Å². The number of hydrogen-bond acceptors (Lipinski definition) is 3. The van der Waals surface area contributed by atoms with Gasteiger partial charge in [0.2, 0.25) is 0 Å². The Labute approximate surface area is 225 Å². The summed E-state index contributed by atoms with van der Waals surface area (Å²) in [5, 5.41) is 0. The number of aryl methyl sites for hydroxylation is 4. The first-order valence-electron chi connectivity index (χ1n) is 12.9. The second kappa shape index (κ2) is 11.2. The summed E-state index contributed by atoms with van der Waals surface area (Å²) in [5.74, 6) is 0. The van der Waals surface area contributed by atoms with E-state index >= 15 is 0 Å². The molecule has 186 valence electrons. The van der Waals surface area contributed by atoms with Crippen LogP contribution in [0.1, 0.15) is 44.8 Å². The molecule has 0 amide bonds. The first-order valence-corrected chi connectivity index (χ1v) is 12.9. The minimum Gasteiger partial charge on any atom is -0.246 e. The highest BCUT2D eigenvalue weighted by Gasteiger charge is 2.15. The molecule has 38 heavy (non-hydrogen) atoms. The molecule has 1 aromatic heterocycles. The number of pyridine rings is 1. The third-order valence-corrected chi connectivity index (χ3v) is 6.50. The van der Waals surface area contributed by atoms with Crippen LogP contribution in [0.3, 0.4) is 0 Å². The molecule has 5 aromatic rings. The first-order chi connectivity index (χ1) is 18.5. The lowest BCUT2D eigenvalue weighted by Gasteiger charge is -2.12. The number of rotatable bonds is 6. The van der Waals surface area contributed by atoms with Gasteiger partial charge in [0.05, 0.1) is 34.2 Å². The summed E-state index contributed by atoms with van der Waals surface area (Å²) in [4.78, 5) is 15.4. The van der Waals surface area contributed by atoms with Gasteiger partial charge >= 0.3 is 0 Å². The van der Waals surface area contributed by atoms with Crippen molar-refractivity contribution in [3.05, 3.63) is 160 Å². The molecule has 4 aromatic carbocycles. The Balaban J connectivity index is 1.68. The van der Waals surface area contributed by atoms with Gasteiger partial charge < -0.3 is 0 Å². The van der Waals surface area contributed by atoms with Crippen molar-refractivity contribution in [1.29, 1.82) is 0 Å². The van der Waals surface area contributed by atoms with Crippen molar-refractivity contribution in [2.45, 2.75) is 27.7 Å². The van der Waals surface area contributed by atoms with Crippen LogP contribution in [0, 0.1) is 27.7 Å². The number of aliphatic imine (C=N–C) groups is 2. The molecule has 3 nitrogen and oxygen atoms in total. The number of nitrogens with zero attached hydrogens (tertiary/aromatic N) is 3. The summed E-state index contributed by atoms with van der Waals surface area (Å²) >= 11 is 0. The van der Waals surface area contributed by atoms with Crippen molar-refractivity contribution in [3.63, 3.8) is 0 Å². The van der Waals surface area contributed by atoms with Crippen LogP contribution >= 0.6 is 0 Å². The van der Waals surface area contributed by atoms with E-state index < -0.39 is 0 Å². The highest BCUT2D eigenvalue weighted by Crippen LogP contribution is 2.25. The number of benzene rings is 4. The predicted octanol–water partition coefficient (Wildman–Crippen LogP) is 8.65. The summed E-state index contributed by atoms with van der Waals surface area (Å²) in [6.07, 6.45) is 0. The van der Waals surface area contributed by atoms with Gasteiger partial charge in [-0.3, -0.25) is 0 Å². The predicted molar refractivity (Wildman–Crippen MR) is 160 cm³/mol. The van der Waals surface area contributed by atoms with E-state index in [4.69, 9.17) is 15.0 Å². The lowest BCUT2D eigenvalue weighted by Crippen LogP contribution is -2.11. The van der Waals surface area contributed by atoms with Crippen molar-refractivity contribution < 1.29 is 0 Å². The molecule has 0 spiro atoms. The molecule has 0 aliphatic carbocycles. The van der Waals surface area contributed by atoms with E-state index in [2.05, 4.69) is 88.4 Å². The molecule has 3 heteroatoms. The molecule has 0 unspecified atom stereocenters. The van der Waals surface area contributed by atoms with Gasteiger partial charge in [-0.05, 0) is 63.1 Å². The van der Waals surface area contributed by atoms with E-state index in [0.29, 0.717) is 0 Å². The van der Waals surface area contributed by atoms with Crippen molar-refractivity contribution >= 4 is 22.8 Å². The summed E-state index contributed by atoms with van der Waals surface area (Å²) < 4.78 is 0. The highest BCUT2D eigenvalue weighted by molar-refractivity contribution is 6.15. The lowest BCUT2D eigenvalue weighted by atomic mass is 10.0. The van der Waals surface area contributed by atoms with E-state index in [1.54, 1.807) is 0 Å². The average Bonchev–Trinajstić information content (AvgIpc) is 2.93. The molecule has 5 rings (SSSR count). The fourth-order valence-electron chi connectivity index (χ4n) is 4.53. The van der Waals surface area contributed by atoms with E-state index in [1.165, 1.54) is 11.1 Å². The zero-order valence-electron chi connectivity index (χ0n) is 22.3.